The van der Waals surface area contributed by atoms with E-state index in [1.54, 1.807) is 0 Å². The van der Waals surface area contributed by atoms with Crippen LogP contribution in [0.5, 0.6) is 0 Å². The third-order valence-corrected chi connectivity index (χ3v) is 4.91. The molecule has 2 aromatic carbocycles. The molecule has 28 heavy (non-hydrogen) atoms. The average molecular weight is 362 g/mol. The van der Waals surface area contributed by atoms with Crippen LogP contribution in [0.15, 0.2) is 85.6 Å². The van der Waals surface area contributed by atoms with Gasteiger partial charge < -0.3 is 4.90 Å². The Balaban J connectivity index is 1.43. The molecule has 0 atom stereocenters. The standard InChI is InChI=1S/C24H18N4/c1-2-7-23-20(4-1)16-26-24(27-23)11-15-28-14-10-18-5-3-6-21(22(18)17-28)19-8-12-25-13-9-19/h1-16H,17H2/b15-11+. The average Bonchev–Trinajstić information content (AvgIpc) is 2.77. The number of fused-ring (bicyclic) bond motifs is 2. The molecule has 0 bridgehead atoms. The summed E-state index contributed by atoms with van der Waals surface area (Å²) in [4.78, 5) is 15.3. The number of pyridine rings is 1. The minimum absolute atomic E-state index is 0.709. The molecule has 0 unspecified atom stereocenters. The van der Waals surface area contributed by atoms with Gasteiger partial charge in [-0.3, -0.25) is 4.98 Å². The number of aromatic nitrogens is 3. The molecule has 0 saturated carbocycles. The number of hydrogen-bond acceptors (Lipinski definition) is 4. The molecule has 0 radical (unpaired) electrons. The quantitative estimate of drug-likeness (QED) is 0.505. The van der Waals surface area contributed by atoms with Crippen molar-refractivity contribution in [3.63, 3.8) is 0 Å². The molecule has 0 saturated heterocycles. The summed E-state index contributed by atoms with van der Waals surface area (Å²) in [5.74, 6) is 0.709. The maximum absolute atomic E-state index is 4.61. The van der Waals surface area contributed by atoms with E-state index >= 15 is 0 Å². The van der Waals surface area contributed by atoms with Crippen molar-refractivity contribution in [2.45, 2.75) is 6.54 Å². The lowest BCUT2D eigenvalue weighted by molar-refractivity contribution is 0.501. The van der Waals surface area contributed by atoms with Gasteiger partial charge in [-0.15, -0.1) is 0 Å². The first kappa shape index (κ1) is 16.4. The van der Waals surface area contributed by atoms with Gasteiger partial charge >= 0.3 is 0 Å². The van der Waals surface area contributed by atoms with Gasteiger partial charge in [0.25, 0.3) is 0 Å². The first-order chi connectivity index (χ1) is 13.9. The fourth-order valence-electron chi connectivity index (χ4n) is 3.48. The van der Waals surface area contributed by atoms with E-state index < -0.39 is 0 Å². The van der Waals surface area contributed by atoms with E-state index in [2.05, 4.69) is 62.5 Å². The normalized spacial score (nSPS) is 13.2. The topological polar surface area (TPSA) is 41.9 Å². The lowest BCUT2D eigenvalue weighted by atomic mass is 9.94. The van der Waals surface area contributed by atoms with Crippen LogP contribution in [0.2, 0.25) is 0 Å². The summed E-state index contributed by atoms with van der Waals surface area (Å²) < 4.78 is 0. The van der Waals surface area contributed by atoms with Crippen molar-refractivity contribution in [2.75, 3.05) is 0 Å². The zero-order valence-corrected chi connectivity index (χ0v) is 15.2. The summed E-state index contributed by atoms with van der Waals surface area (Å²) in [7, 11) is 0. The Hall–Kier alpha value is -3.79. The molecular formula is C24H18N4. The van der Waals surface area contributed by atoms with Gasteiger partial charge in [0.15, 0.2) is 5.82 Å². The highest BCUT2D eigenvalue weighted by Crippen LogP contribution is 2.30. The van der Waals surface area contributed by atoms with Crippen LogP contribution in [0.3, 0.4) is 0 Å². The van der Waals surface area contributed by atoms with Crippen LogP contribution < -0.4 is 0 Å². The maximum Gasteiger partial charge on any atom is 0.153 e. The summed E-state index contributed by atoms with van der Waals surface area (Å²) >= 11 is 0. The molecule has 0 N–H and O–H groups in total. The van der Waals surface area contributed by atoms with Crippen LogP contribution in [0.25, 0.3) is 34.2 Å². The maximum atomic E-state index is 4.61. The second-order valence-corrected chi connectivity index (χ2v) is 6.70. The van der Waals surface area contributed by atoms with E-state index in [4.69, 9.17) is 0 Å². The van der Waals surface area contributed by atoms with Gasteiger partial charge in [0, 0.05) is 42.9 Å². The fourth-order valence-corrected chi connectivity index (χ4v) is 3.48. The van der Waals surface area contributed by atoms with Crippen molar-refractivity contribution in [1.82, 2.24) is 19.9 Å². The van der Waals surface area contributed by atoms with Crippen molar-refractivity contribution in [2.24, 2.45) is 0 Å². The second-order valence-electron chi connectivity index (χ2n) is 6.70. The van der Waals surface area contributed by atoms with E-state index in [0.29, 0.717) is 5.82 Å². The first-order valence-corrected chi connectivity index (χ1v) is 9.23. The molecule has 0 fully saturated rings. The molecule has 4 heteroatoms. The number of nitrogens with zero attached hydrogens (tertiary/aromatic N) is 4. The smallest absolute Gasteiger partial charge is 0.153 e. The first-order valence-electron chi connectivity index (χ1n) is 9.23. The van der Waals surface area contributed by atoms with Crippen molar-refractivity contribution in [3.05, 3.63) is 103 Å². The molecule has 1 aliphatic heterocycles. The van der Waals surface area contributed by atoms with Crippen molar-refractivity contribution in [3.8, 4) is 11.1 Å². The number of para-hydroxylation sites is 1. The Bertz CT molecular complexity index is 1200. The molecule has 134 valence electrons. The zero-order valence-electron chi connectivity index (χ0n) is 15.2. The van der Waals surface area contributed by atoms with E-state index in [1.165, 1.54) is 22.3 Å². The molecule has 5 rings (SSSR count). The van der Waals surface area contributed by atoms with E-state index in [9.17, 15) is 0 Å². The lowest BCUT2D eigenvalue weighted by Crippen LogP contribution is -2.14. The van der Waals surface area contributed by atoms with E-state index in [-0.39, 0.29) is 0 Å². The van der Waals surface area contributed by atoms with Crippen molar-refractivity contribution >= 4 is 23.1 Å². The molecule has 4 aromatic rings. The summed E-state index contributed by atoms with van der Waals surface area (Å²) in [5, 5.41) is 1.05. The molecule has 0 amide bonds. The van der Waals surface area contributed by atoms with Crippen molar-refractivity contribution < 1.29 is 0 Å². The Labute approximate surface area is 163 Å². The molecule has 1 aliphatic rings. The summed E-state index contributed by atoms with van der Waals surface area (Å²) in [6.07, 6.45) is 13.8. The number of benzene rings is 2. The Kier molecular flexibility index (Phi) is 4.14. The van der Waals surface area contributed by atoms with Crippen LogP contribution in [0.1, 0.15) is 17.0 Å². The largest absolute Gasteiger partial charge is 0.350 e. The zero-order chi connectivity index (χ0) is 18.8. The molecule has 0 spiro atoms. The summed E-state index contributed by atoms with van der Waals surface area (Å²) in [6.45, 7) is 0.800. The van der Waals surface area contributed by atoms with Gasteiger partial charge in [-0.2, -0.15) is 0 Å². The van der Waals surface area contributed by atoms with Gasteiger partial charge in [0.2, 0.25) is 0 Å². The Morgan fingerprint density at radius 1 is 0.929 bits per heavy atom. The van der Waals surface area contributed by atoms with Gasteiger partial charge in [-0.25, -0.2) is 9.97 Å². The summed E-state index contributed by atoms with van der Waals surface area (Å²) in [6, 6.07) is 18.6. The SMILES string of the molecule is C1=CN(/C=C/c2ncc3ccccc3n2)Cc2c1cccc2-c1ccncc1. The van der Waals surface area contributed by atoms with Crippen molar-refractivity contribution in [1.29, 1.82) is 0 Å². The predicted molar refractivity (Wildman–Crippen MR) is 113 cm³/mol. The van der Waals surface area contributed by atoms with E-state index in [1.807, 2.05) is 55.1 Å². The third-order valence-electron chi connectivity index (χ3n) is 4.91. The van der Waals surface area contributed by atoms with Crippen LogP contribution in [0.4, 0.5) is 0 Å². The minimum Gasteiger partial charge on any atom is -0.350 e. The van der Waals surface area contributed by atoms with Gasteiger partial charge in [0.1, 0.15) is 0 Å². The highest BCUT2D eigenvalue weighted by atomic mass is 15.1. The molecule has 2 aromatic heterocycles. The van der Waals surface area contributed by atoms with E-state index in [0.717, 1.165) is 17.4 Å². The predicted octanol–water partition coefficient (Wildman–Crippen LogP) is 5.15. The molecular weight excluding hydrogens is 344 g/mol. The van der Waals surface area contributed by atoms with Crippen LogP contribution >= 0.6 is 0 Å². The fraction of sp³-hybridized carbons (Fsp3) is 0.0417. The van der Waals surface area contributed by atoms with Gasteiger partial charge in [0.05, 0.1) is 5.52 Å². The summed E-state index contributed by atoms with van der Waals surface area (Å²) in [5.41, 5.74) is 5.94. The van der Waals surface area contributed by atoms with Crippen LogP contribution in [0, 0.1) is 0 Å². The minimum atomic E-state index is 0.709. The van der Waals surface area contributed by atoms with Gasteiger partial charge in [-0.05, 0) is 52.6 Å². The Morgan fingerprint density at radius 3 is 2.75 bits per heavy atom. The lowest BCUT2D eigenvalue weighted by Gasteiger charge is -2.24. The molecule has 3 heterocycles. The molecule has 0 aliphatic carbocycles. The number of rotatable bonds is 3. The van der Waals surface area contributed by atoms with Crippen LogP contribution in [-0.4, -0.2) is 19.9 Å². The Morgan fingerprint density at radius 2 is 1.82 bits per heavy atom. The highest BCUT2D eigenvalue weighted by molar-refractivity contribution is 5.78. The van der Waals surface area contributed by atoms with Crippen LogP contribution in [-0.2, 0) is 6.54 Å². The number of hydrogen-bond donors (Lipinski definition) is 0. The third kappa shape index (κ3) is 3.16. The highest BCUT2D eigenvalue weighted by Gasteiger charge is 2.14. The van der Waals surface area contributed by atoms with Gasteiger partial charge in [-0.1, -0.05) is 36.4 Å². The second kappa shape index (κ2) is 7.08. The molecule has 4 nitrogen and oxygen atoms in total. The monoisotopic (exact) mass is 362 g/mol.